The number of aromatic nitrogens is 4. The molecule has 1 saturated heterocycles. The molecule has 0 aromatic carbocycles. The molecule has 3 heterocycles. The van der Waals surface area contributed by atoms with E-state index in [-0.39, 0.29) is 6.10 Å². The highest BCUT2D eigenvalue weighted by Crippen LogP contribution is 2.24. The Labute approximate surface area is 136 Å². The molecular formula is C16H24N6O. The lowest BCUT2D eigenvalue weighted by molar-refractivity contribution is -0.0351. The van der Waals surface area contributed by atoms with E-state index in [1.165, 1.54) is 5.56 Å². The largest absolute Gasteiger partial charge is 0.369 e. The van der Waals surface area contributed by atoms with Gasteiger partial charge in [-0.25, -0.2) is 9.97 Å². The first-order chi connectivity index (χ1) is 11.0. The number of hydrogen-bond donors (Lipinski definition) is 0. The molecule has 1 aliphatic rings. The lowest BCUT2D eigenvalue weighted by atomic mass is 10.1. The van der Waals surface area contributed by atoms with Gasteiger partial charge in [-0.3, -0.25) is 9.58 Å². The molecule has 1 unspecified atom stereocenters. The van der Waals surface area contributed by atoms with Crippen LogP contribution in [-0.2, 0) is 18.3 Å². The molecule has 2 aromatic rings. The zero-order valence-corrected chi connectivity index (χ0v) is 14.2. The second-order valence-corrected chi connectivity index (χ2v) is 6.21. The molecule has 1 atom stereocenters. The van der Waals surface area contributed by atoms with Gasteiger partial charge in [-0.2, -0.15) is 5.10 Å². The van der Waals surface area contributed by atoms with Crippen LogP contribution in [-0.4, -0.2) is 58.4 Å². The number of aryl methyl sites for hydroxylation is 2. The van der Waals surface area contributed by atoms with E-state index >= 15 is 0 Å². The van der Waals surface area contributed by atoms with Gasteiger partial charge in [-0.1, -0.05) is 0 Å². The molecule has 7 nitrogen and oxygen atoms in total. The van der Waals surface area contributed by atoms with E-state index in [0.29, 0.717) is 6.61 Å². The van der Waals surface area contributed by atoms with Gasteiger partial charge in [0.05, 0.1) is 18.5 Å². The summed E-state index contributed by atoms with van der Waals surface area (Å²) in [4.78, 5) is 13.4. The summed E-state index contributed by atoms with van der Waals surface area (Å²) in [5.41, 5.74) is 2.18. The Bertz CT molecular complexity index is 668. The summed E-state index contributed by atoms with van der Waals surface area (Å²) in [5.74, 6) is 1.69. The summed E-state index contributed by atoms with van der Waals surface area (Å²) >= 11 is 0. The van der Waals surface area contributed by atoms with Crippen LogP contribution in [0.3, 0.4) is 0 Å². The third-order valence-electron chi connectivity index (χ3n) is 3.95. The summed E-state index contributed by atoms with van der Waals surface area (Å²) in [6.07, 6.45) is 3.97. The molecule has 0 amide bonds. The Morgan fingerprint density at radius 1 is 1.35 bits per heavy atom. The third-order valence-corrected chi connectivity index (χ3v) is 3.95. The van der Waals surface area contributed by atoms with Crippen LogP contribution in [0, 0.1) is 6.92 Å². The molecule has 0 spiro atoms. The lowest BCUT2D eigenvalue weighted by Gasteiger charge is -2.32. The maximum absolute atomic E-state index is 5.96. The number of anilines is 1. The predicted octanol–water partition coefficient (Wildman–Crippen LogP) is 1.16. The molecule has 1 fully saturated rings. The van der Waals surface area contributed by atoms with E-state index < -0.39 is 0 Å². The first-order valence-corrected chi connectivity index (χ1v) is 7.85. The van der Waals surface area contributed by atoms with Gasteiger partial charge in [0.25, 0.3) is 0 Å². The van der Waals surface area contributed by atoms with Crippen LogP contribution >= 0.6 is 0 Å². The van der Waals surface area contributed by atoms with Gasteiger partial charge in [0.15, 0.2) is 0 Å². The molecule has 0 bridgehead atoms. The van der Waals surface area contributed by atoms with Gasteiger partial charge in [0.1, 0.15) is 17.7 Å². The van der Waals surface area contributed by atoms with Crippen LogP contribution in [0.2, 0.25) is 0 Å². The van der Waals surface area contributed by atoms with Crippen molar-refractivity contribution in [1.29, 1.82) is 0 Å². The predicted molar refractivity (Wildman–Crippen MR) is 88.3 cm³/mol. The van der Waals surface area contributed by atoms with Crippen molar-refractivity contribution in [2.24, 2.45) is 7.05 Å². The van der Waals surface area contributed by atoms with E-state index in [9.17, 15) is 0 Å². The third kappa shape index (κ3) is 3.86. The highest BCUT2D eigenvalue weighted by atomic mass is 16.5. The molecule has 0 radical (unpaired) electrons. The normalized spacial score (nSPS) is 19.0. The summed E-state index contributed by atoms with van der Waals surface area (Å²) < 4.78 is 7.79. The first-order valence-electron chi connectivity index (χ1n) is 7.85. The second kappa shape index (κ2) is 6.64. The molecule has 1 aliphatic heterocycles. The van der Waals surface area contributed by atoms with Crippen molar-refractivity contribution in [2.45, 2.75) is 19.6 Å². The number of rotatable bonds is 4. The van der Waals surface area contributed by atoms with Crippen molar-refractivity contribution < 1.29 is 4.74 Å². The SMILES string of the molecule is Cc1nc(C2CN(Cc3cnn(C)c3)CCO2)cc(N(C)C)n1. The smallest absolute Gasteiger partial charge is 0.132 e. The van der Waals surface area contributed by atoms with Crippen LogP contribution in [0.25, 0.3) is 0 Å². The van der Waals surface area contributed by atoms with Gasteiger partial charge >= 0.3 is 0 Å². The first kappa shape index (κ1) is 15.9. The van der Waals surface area contributed by atoms with Gasteiger partial charge < -0.3 is 9.64 Å². The Kier molecular flexibility index (Phi) is 4.58. The lowest BCUT2D eigenvalue weighted by Crippen LogP contribution is -2.38. The highest BCUT2D eigenvalue weighted by Gasteiger charge is 2.24. The van der Waals surface area contributed by atoms with Crippen LogP contribution < -0.4 is 4.90 Å². The van der Waals surface area contributed by atoms with E-state index in [0.717, 1.165) is 37.0 Å². The average Bonchev–Trinajstić information content (AvgIpc) is 2.92. The molecular weight excluding hydrogens is 292 g/mol. The Balaban J connectivity index is 1.73. The van der Waals surface area contributed by atoms with E-state index in [4.69, 9.17) is 4.74 Å². The minimum absolute atomic E-state index is 0.0131. The molecule has 0 aliphatic carbocycles. The van der Waals surface area contributed by atoms with Crippen LogP contribution in [0.4, 0.5) is 5.82 Å². The average molecular weight is 316 g/mol. The molecule has 0 N–H and O–H groups in total. The monoisotopic (exact) mass is 316 g/mol. The Morgan fingerprint density at radius 2 is 2.17 bits per heavy atom. The number of nitrogens with zero attached hydrogens (tertiary/aromatic N) is 6. The minimum Gasteiger partial charge on any atom is -0.369 e. The van der Waals surface area contributed by atoms with Gasteiger partial charge in [-0.05, 0) is 6.92 Å². The number of ether oxygens (including phenoxy) is 1. The highest BCUT2D eigenvalue weighted by molar-refractivity contribution is 5.38. The molecule has 3 rings (SSSR count). The van der Waals surface area contributed by atoms with Crippen LogP contribution in [0.5, 0.6) is 0 Å². The van der Waals surface area contributed by atoms with Crippen molar-refractivity contribution in [1.82, 2.24) is 24.6 Å². The number of morpholine rings is 1. The fourth-order valence-corrected chi connectivity index (χ4v) is 2.81. The fraction of sp³-hybridized carbons (Fsp3) is 0.562. The Morgan fingerprint density at radius 3 is 2.87 bits per heavy atom. The van der Waals surface area contributed by atoms with E-state index in [1.54, 1.807) is 0 Å². The summed E-state index contributed by atoms with van der Waals surface area (Å²) in [7, 11) is 5.92. The topological polar surface area (TPSA) is 59.3 Å². The second-order valence-electron chi connectivity index (χ2n) is 6.21. The van der Waals surface area contributed by atoms with Gasteiger partial charge in [-0.15, -0.1) is 0 Å². The molecule has 2 aromatic heterocycles. The van der Waals surface area contributed by atoms with Crippen molar-refractivity contribution in [3.8, 4) is 0 Å². The molecule has 23 heavy (non-hydrogen) atoms. The molecule has 124 valence electrons. The molecule has 0 saturated carbocycles. The Hall–Kier alpha value is -1.99. The maximum atomic E-state index is 5.96. The quantitative estimate of drug-likeness (QED) is 0.843. The number of hydrogen-bond acceptors (Lipinski definition) is 6. The van der Waals surface area contributed by atoms with Crippen molar-refractivity contribution in [3.63, 3.8) is 0 Å². The van der Waals surface area contributed by atoms with Crippen LogP contribution in [0.1, 0.15) is 23.2 Å². The maximum Gasteiger partial charge on any atom is 0.132 e. The minimum atomic E-state index is -0.0131. The van der Waals surface area contributed by atoms with E-state index in [2.05, 4.69) is 26.2 Å². The van der Waals surface area contributed by atoms with Crippen molar-refractivity contribution in [3.05, 3.63) is 35.5 Å². The molecule has 7 heteroatoms. The fourth-order valence-electron chi connectivity index (χ4n) is 2.81. The van der Waals surface area contributed by atoms with Gasteiger partial charge in [0, 0.05) is 58.6 Å². The van der Waals surface area contributed by atoms with Crippen LogP contribution in [0.15, 0.2) is 18.5 Å². The van der Waals surface area contributed by atoms with Crippen molar-refractivity contribution >= 4 is 5.82 Å². The van der Waals surface area contributed by atoms with Gasteiger partial charge in [0.2, 0.25) is 0 Å². The summed E-state index contributed by atoms with van der Waals surface area (Å²) in [6.45, 7) is 5.28. The zero-order chi connectivity index (χ0) is 16.4. The zero-order valence-electron chi connectivity index (χ0n) is 14.2. The standard InChI is InChI=1S/C16H24N6O/c1-12-18-14(7-16(19-12)20(2)3)15-11-22(5-6-23-15)10-13-8-17-21(4)9-13/h7-9,15H,5-6,10-11H2,1-4H3. The summed E-state index contributed by atoms with van der Waals surface area (Å²) in [6, 6.07) is 2.02. The van der Waals surface area contributed by atoms with E-state index in [1.807, 2.05) is 49.9 Å². The van der Waals surface area contributed by atoms with Crippen molar-refractivity contribution in [2.75, 3.05) is 38.7 Å². The summed E-state index contributed by atoms with van der Waals surface area (Å²) in [5, 5.41) is 4.23.